The Labute approximate surface area is 122 Å². The molecule has 1 saturated carbocycles. The van der Waals surface area contributed by atoms with Gasteiger partial charge >= 0.3 is 0 Å². The molecule has 2 rings (SSSR count). The van der Waals surface area contributed by atoms with Gasteiger partial charge in [0.1, 0.15) is 0 Å². The summed E-state index contributed by atoms with van der Waals surface area (Å²) in [5.41, 5.74) is 2.85. The van der Waals surface area contributed by atoms with Gasteiger partial charge in [0.15, 0.2) is 0 Å². The maximum atomic E-state index is 3.81. The van der Waals surface area contributed by atoms with E-state index < -0.39 is 0 Å². The van der Waals surface area contributed by atoms with Crippen molar-refractivity contribution in [3.8, 4) is 0 Å². The molecular weight excluding hydrogens is 250 g/mol. The van der Waals surface area contributed by atoms with Gasteiger partial charge in [-0.25, -0.2) is 0 Å². The van der Waals surface area contributed by atoms with Crippen molar-refractivity contribution in [2.45, 2.75) is 63.3 Å². The third kappa shape index (κ3) is 4.25. The van der Waals surface area contributed by atoms with E-state index in [0.29, 0.717) is 12.1 Å². The van der Waals surface area contributed by atoms with Crippen molar-refractivity contribution in [3.63, 3.8) is 0 Å². The lowest BCUT2D eigenvalue weighted by Crippen LogP contribution is -2.35. The van der Waals surface area contributed by atoms with Crippen LogP contribution < -0.4 is 5.32 Å². The zero-order valence-electron chi connectivity index (χ0n) is 12.5. The predicted octanol–water partition coefficient (Wildman–Crippen LogP) is 4.57. The Kier molecular flexibility index (Phi) is 5.77. The summed E-state index contributed by atoms with van der Waals surface area (Å²) in [5.74, 6) is 0. The summed E-state index contributed by atoms with van der Waals surface area (Å²) in [6.07, 6.45) is 8.80. The van der Waals surface area contributed by atoms with E-state index in [1.54, 1.807) is 0 Å². The normalized spacial score (nSPS) is 25.2. The highest BCUT2D eigenvalue weighted by molar-refractivity contribution is 7.99. The van der Waals surface area contributed by atoms with Crippen LogP contribution in [0.25, 0.3) is 0 Å². The fourth-order valence-electron chi connectivity index (χ4n) is 2.96. The molecule has 1 aromatic rings. The van der Waals surface area contributed by atoms with E-state index in [1.807, 2.05) is 11.8 Å². The topological polar surface area (TPSA) is 12.0 Å². The van der Waals surface area contributed by atoms with E-state index in [-0.39, 0.29) is 0 Å². The van der Waals surface area contributed by atoms with Crippen molar-refractivity contribution >= 4 is 11.8 Å². The molecule has 0 radical (unpaired) electrons. The number of nitrogens with one attached hydrogen (secondary N) is 1. The summed E-state index contributed by atoms with van der Waals surface area (Å²) < 4.78 is 0. The smallest absolute Gasteiger partial charge is 0.0294 e. The Morgan fingerprint density at radius 2 is 1.79 bits per heavy atom. The molecule has 0 amide bonds. The summed E-state index contributed by atoms with van der Waals surface area (Å²) in [5, 5.41) is 4.71. The predicted molar refractivity (Wildman–Crippen MR) is 86.9 cm³/mol. The molecule has 0 aliphatic heterocycles. The second kappa shape index (κ2) is 7.35. The molecule has 0 spiro atoms. The third-order valence-corrected chi connectivity index (χ3v) is 5.52. The fraction of sp³-hybridized carbons (Fsp3) is 0.647. The molecule has 0 aromatic heterocycles. The first-order valence-corrected chi connectivity index (χ1v) is 8.89. The minimum atomic E-state index is 0.474. The Morgan fingerprint density at radius 3 is 2.32 bits per heavy atom. The average Bonchev–Trinajstić information content (AvgIpc) is 2.48. The van der Waals surface area contributed by atoms with Gasteiger partial charge in [-0.1, -0.05) is 31.2 Å². The number of aryl methyl sites for hydroxylation is 1. The zero-order chi connectivity index (χ0) is 13.7. The largest absolute Gasteiger partial charge is 0.307 e. The van der Waals surface area contributed by atoms with E-state index in [9.17, 15) is 0 Å². The summed E-state index contributed by atoms with van der Waals surface area (Å²) in [6, 6.07) is 10.3. The van der Waals surface area contributed by atoms with Gasteiger partial charge in [0.2, 0.25) is 0 Å². The van der Waals surface area contributed by atoms with Crippen LogP contribution in [-0.4, -0.2) is 17.5 Å². The number of benzene rings is 1. The van der Waals surface area contributed by atoms with Crippen molar-refractivity contribution < 1.29 is 0 Å². The van der Waals surface area contributed by atoms with E-state index in [2.05, 4.69) is 49.7 Å². The van der Waals surface area contributed by atoms with Crippen molar-refractivity contribution in [3.05, 3.63) is 35.4 Å². The number of hydrogen-bond donors (Lipinski definition) is 1. The molecule has 19 heavy (non-hydrogen) atoms. The molecule has 1 aromatic carbocycles. The molecule has 1 atom stereocenters. The first-order valence-electron chi connectivity index (χ1n) is 7.60. The molecular formula is C17H27NS. The van der Waals surface area contributed by atoms with Crippen LogP contribution in [0.15, 0.2) is 24.3 Å². The van der Waals surface area contributed by atoms with Gasteiger partial charge in [-0.3, -0.25) is 0 Å². The molecule has 106 valence electrons. The second-order valence-electron chi connectivity index (χ2n) is 5.69. The molecule has 1 fully saturated rings. The summed E-state index contributed by atoms with van der Waals surface area (Å²) in [6.45, 7) is 4.50. The van der Waals surface area contributed by atoms with Gasteiger partial charge in [-0.05, 0) is 56.4 Å². The van der Waals surface area contributed by atoms with Crippen LogP contribution >= 0.6 is 11.8 Å². The minimum absolute atomic E-state index is 0.474. The SMILES string of the molecule is CCc1ccc(C(C)NC2CCC(SC)CC2)cc1. The minimum Gasteiger partial charge on any atom is -0.307 e. The van der Waals surface area contributed by atoms with Crippen LogP contribution in [0.5, 0.6) is 0 Å². The van der Waals surface area contributed by atoms with Crippen molar-refractivity contribution in [1.82, 2.24) is 5.32 Å². The molecule has 2 heteroatoms. The lowest BCUT2D eigenvalue weighted by Gasteiger charge is -2.30. The van der Waals surface area contributed by atoms with Crippen molar-refractivity contribution in [2.75, 3.05) is 6.26 Å². The summed E-state index contributed by atoms with van der Waals surface area (Å²) >= 11 is 2.04. The fourth-order valence-corrected chi connectivity index (χ4v) is 3.70. The summed E-state index contributed by atoms with van der Waals surface area (Å²) in [4.78, 5) is 0. The van der Waals surface area contributed by atoms with Crippen LogP contribution in [0.1, 0.15) is 56.7 Å². The highest BCUT2D eigenvalue weighted by Crippen LogP contribution is 2.28. The Morgan fingerprint density at radius 1 is 1.16 bits per heavy atom. The van der Waals surface area contributed by atoms with Gasteiger partial charge in [-0.15, -0.1) is 0 Å². The quantitative estimate of drug-likeness (QED) is 0.846. The van der Waals surface area contributed by atoms with Gasteiger partial charge in [0.25, 0.3) is 0 Å². The van der Waals surface area contributed by atoms with Crippen molar-refractivity contribution in [1.29, 1.82) is 0 Å². The molecule has 0 saturated heterocycles. The van der Waals surface area contributed by atoms with Crippen LogP contribution in [0.2, 0.25) is 0 Å². The van der Waals surface area contributed by atoms with E-state index in [4.69, 9.17) is 0 Å². The molecule has 1 N–H and O–H groups in total. The standard InChI is InChI=1S/C17H27NS/c1-4-14-5-7-15(8-6-14)13(2)18-16-9-11-17(19-3)12-10-16/h5-8,13,16-18H,4,9-12H2,1-3H3. The number of thioether (sulfide) groups is 1. The van der Waals surface area contributed by atoms with Crippen LogP contribution in [0.3, 0.4) is 0 Å². The molecule has 0 bridgehead atoms. The van der Waals surface area contributed by atoms with Crippen LogP contribution in [0.4, 0.5) is 0 Å². The maximum absolute atomic E-state index is 3.81. The van der Waals surface area contributed by atoms with E-state index in [1.165, 1.54) is 36.8 Å². The zero-order valence-corrected chi connectivity index (χ0v) is 13.3. The Hall–Kier alpha value is -0.470. The monoisotopic (exact) mass is 277 g/mol. The van der Waals surface area contributed by atoms with Gasteiger partial charge in [-0.2, -0.15) is 11.8 Å². The van der Waals surface area contributed by atoms with E-state index >= 15 is 0 Å². The Bertz CT molecular complexity index is 365. The summed E-state index contributed by atoms with van der Waals surface area (Å²) in [7, 11) is 0. The maximum Gasteiger partial charge on any atom is 0.0294 e. The number of rotatable bonds is 5. The second-order valence-corrected chi connectivity index (χ2v) is 6.83. The lowest BCUT2D eigenvalue weighted by atomic mass is 9.93. The molecule has 1 unspecified atom stereocenters. The van der Waals surface area contributed by atoms with Crippen LogP contribution in [-0.2, 0) is 6.42 Å². The molecule has 1 aliphatic carbocycles. The van der Waals surface area contributed by atoms with Gasteiger partial charge in [0.05, 0.1) is 0 Å². The van der Waals surface area contributed by atoms with Gasteiger partial charge < -0.3 is 5.32 Å². The third-order valence-electron chi connectivity index (χ3n) is 4.38. The van der Waals surface area contributed by atoms with Gasteiger partial charge in [0, 0.05) is 17.3 Å². The first kappa shape index (κ1) is 14.9. The highest BCUT2D eigenvalue weighted by Gasteiger charge is 2.21. The number of hydrogen-bond acceptors (Lipinski definition) is 2. The van der Waals surface area contributed by atoms with E-state index in [0.717, 1.165) is 11.7 Å². The lowest BCUT2D eigenvalue weighted by molar-refractivity contribution is 0.352. The highest BCUT2D eigenvalue weighted by atomic mass is 32.2. The Balaban J connectivity index is 1.85. The van der Waals surface area contributed by atoms with Crippen molar-refractivity contribution in [2.24, 2.45) is 0 Å². The van der Waals surface area contributed by atoms with Crippen LogP contribution in [0, 0.1) is 0 Å². The molecule has 1 aliphatic rings. The molecule has 0 heterocycles. The molecule has 1 nitrogen and oxygen atoms in total. The average molecular weight is 277 g/mol. The first-order chi connectivity index (χ1) is 9.22.